The molecule has 3 fully saturated rings. The summed E-state index contributed by atoms with van der Waals surface area (Å²) in [6.07, 6.45) is 4.37. The first-order valence-electron chi connectivity index (χ1n) is 6.52. The average molecular weight is 230 g/mol. The van der Waals surface area contributed by atoms with Crippen LogP contribution in [0.4, 0.5) is 17.3 Å². The molecule has 17 heavy (non-hydrogen) atoms. The van der Waals surface area contributed by atoms with Gasteiger partial charge in [0.25, 0.3) is 0 Å². The lowest BCUT2D eigenvalue weighted by Crippen LogP contribution is -2.14. The van der Waals surface area contributed by atoms with Crippen molar-refractivity contribution < 1.29 is 0 Å². The number of nitrogens with one attached hydrogen (secondary N) is 1. The van der Waals surface area contributed by atoms with Crippen LogP contribution in [0.5, 0.6) is 0 Å². The van der Waals surface area contributed by atoms with Crippen LogP contribution < -0.4 is 16.8 Å². The van der Waals surface area contributed by atoms with E-state index in [-0.39, 0.29) is 0 Å². The highest BCUT2D eigenvalue weighted by Crippen LogP contribution is 2.66. The van der Waals surface area contributed by atoms with Crippen LogP contribution in [0.1, 0.15) is 19.3 Å². The first-order chi connectivity index (χ1) is 8.24. The van der Waals surface area contributed by atoms with Crippen molar-refractivity contribution in [3.63, 3.8) is 0 Å². The van der Waals surface area contributed by atoms with Crippen LogP contribution in [-0.2, 0) is 0 Å². The number of pyridine rings is 1. The molecule has 3 aliphatic carbocycles. The van der Waals surface area contributed by atoms with Crippen molar-refractivity contribution in [2.75, 3.05) is 16.8 Å². The Morgan fingerprint density at radius 2 is 1.82 bits per heavy atom. The fourth-order valence-electron chi connectivity index (χ4n) is 4.26. The fourth-order valence-corrected chi connectivity index (χ4v) is 4.26. The first kappa shape index (κ1) is 9.57. The zero-order valence-electron chi connectivity index (χ0n) is 9.76. The monoisotopic (exact) mass is 230 g/mol. The van der Waals surface area contributed by atoms with E-state index >= 15 is 0 Å². The second-order valence-electron chi connectivity index (χ2n) is 5.83. The molecule has 3 aliphatic rings. The topological polar surface area (TPSA) is 77.0 Å². The molecule has 0 aliphatic heterocycles. The number of nitrogens with zero attached hydrogens (tertiary/aromatic N) is 1. The number of hydrogen-bond acceptors (Lipinski definition) is 4. The quantitative estimate of drug-likeness (QED) is 0.722. The van der Waals surface area contributed by atoms with Gasteiger partial charge in [0.05, 0.1) is 5.69 Å². The Bertz CT molecular complexity index is 456. The summed E-state index contributed by atoms with van der Waals surface area (Å²) < 4.78 is 0. The Morgan fingerprint density at radius 1 is 1.12 bits per heavy atom. The summed E-state index contributed by atoms with van der Waals surface area (Å²) in [5.41, 5.74) is 12.0. The van der Waals surface area contributed by atoms with Gasteiger partial charge >= 0.3 is 0 Å². The Kier molecular flexibility index (Phi) is 1.72. The summed E-state index contributed by atoms with van der Waals surface area (Å²) in [6.45, 7) is 0. The number of anilines is 3. The number of nitrogen functional groups attached to an aromatic ring is 2. The molecule has 4 rings (SSSR count). The molecule has 4 heteroatoms. The Balaban J connectivity index is 1.51. The predicted octanol–water partition coefficient (Wildman–Crippen LogP) is 1.70. The van der Waals surface area contributed by atoms with Crippen LogP contribution in [0.3, 0.4) is 0 Å². The van der Waals surface area contributed by atoms with Crippen LogP contribution in [-0.4, -0.2) is 11.0 Å². The summed E-state index contributed by atoms with van der Waals surface area (Å²) in [6, 6.07) is 4.41. The summed E-state index contributed by atoms with van der Waals surface area (Å²) in [7, 11) is 0. The van der Waals surface area contributed by atoms with Crippen molar-refractivity contribution in [3.05, 3.63) is 12.1 Å². The van der Waals surface area contributed by atoms with Gasteiger partial charge in [-0.25, -0.2) is 4.98 Å². The van der Waals surface area contributed by atoms with E-state index in [1.807, 2.05) is 12.1 Å². The van der Waals surface area contributed by atoms with Gasteiger partial charge in [0.1, 0.15) is 11.6 Å². The molecule has 1 aromatic heterocycles. The normalized spacial score (nSPS) is 41.3. The van der Waals surface area contributed by atoms with Crippen LogP contribution in [0.25, 0.3) is 0 Å². The van der Waals surface area contributed by atoms with Gasteiger partial charge in [-0.3, -0.25) is 0 Å². The van der Waals surface area contributed by atoms with Crippen LogP contribution in [0.2, 0.25) is 0 Å². The SMILES string of the molecule is Nc1ccc(NC2C3C4CCC(C4)C23)nc1N. The highest BCUT2D eigenvalue weighted by molar-refractivity contribution is 5.62. The van der Waals surface area contributed by atoms with E-state index in [2.05, 4.69) is 10.3 Å². The van der Waals surface area contributed by atoms with Crippen LogP contribution >= 0.6 is 0 Å². The summed E-state index contributed by atoms with van der Waals surface area (Å²) in [5, 5.41) is 3.54. The lowest BCUT2D eigenvalue weighted by Gasteiger charge is -2.11. The second kappa shape index (κ2) is 3.06. The predicted molar refractivity (Wildman–Crippen MR) is 68.3 cm³/mol. The van der Waals surface area contributed by atoms with Gasteiger partial charge < -0.3 is 16.8 Å². The van der Waals surface area contributed by atoms with Crippen molar-refractivity contribution >= 4 is 17.3 Å². The summed E-state index contributed by atoms with van der Waals surface area (Å²) >= 11 is 0. The molecule has 4 unspecified atom stereocenters. The van der Waals surface area contributed by atoms with E-state index in [1.54, 1.807) is 0 Å². The van der Waals surface area contributed by atoms with Crippen LogP contribution in [0.15, 0.2) is 12.1 Å². The van der Waals surface area contributed by atoms with Crippen molar-refractivity contribution in [2.45, 2.75) is 25.3 Å². The fraction of sp³-hybridized carbons (Fsp3) is 0.615. The first-order valence-corrected chi connectivity index (χ1v) is 6.52. The molecule has 0 spiro atoms. The molecule has 0 amide bonds. The van der Waals surface area contributed by atoms with Gasteiger partial charge in [0, 0.05) is 6.04 Å². The molecular formula is C13H18N4. The standard InChI is InChI=1S/C13H18N4/c14-8-3-4-9(17-13(8)15)16-12-10-6-1-2-7(5-6)11(10)12/h3-4,6-7,10-12H,1-2,5,14H2,(H3,15,16,17). The van der Waals surface area contributed by atoms with Crippen molar-refractivity contribution in [1.29, 1.82) is 0 Å². The lowest BCUT2D eigenvalue weighted by molar-refractivity contribution is 0.456. The number of fused-ring (bicyclic) bond motifs is 5. The van der Waals surface area contributed by atoms with E-state index in [9.17, 15) is 0 Å². The number of nitrogens with two attached hydrogens (primary N) is 2. The molecule has 1 aromatic rings. The van der Waals surface area contributed by atoms with E-state index in [0.717, 1.165) is 29.5 Å². The van der Waals surface area contributed by atoms with E-state index in [4.69, 9.17) is 11.5 Å². The summed E-state index contributed by atoms with van der Waals surface area (Å²) in [4.78, 5) is 4.29. The molecule has 4 nitrogen and oxygen atoms in total. The minimum absolute atomic E-state index is 0.434. The maximum atomic E-state index is 5.72. The molecule has 0 saturated heterocycles. The maximum absolute atomic E-state index is 5.72. The van der Waals surface area contributed by atoms with Crippen molar-refractivity contribution in [2.24, 2.45) is 23.7 Å². The van der Waals surface area contributed by atoms with Crippen molar-refractivity contribution in [3.8, 4) is 0 Å². The third-order valence-electron chi connectivity index (χ3n) is 5.01. The molecule has 4 atom stereocenters. The van der Waals surface area contributed by atoms with E-state index < -0.39 is 0 Å². The molecule has 3 saturated carbocycles. The van der Waals surface area contributed by atoms with E-state index in [1.165, 1.54) is 19.3 Å². The molecule has 0 radical (unpaired) electrons. The lowest BCUT2D eigenvalue weighted by atomic mass is 10.0. The van der Waals surface area contributed by atoms with Gasteiger partial charge in [-0.15, -0.1) is 0 Å². The second-order valence-corrected chi connectivity index (χ2v) is 5.83. The zero-order chi connectivity index (χ0) is 11.6. The van der Waals surface area contributed by atoms with Gasteiger partial charge in [-0.2, -0.15) is 0 Å². The van der Waals surface area contributed by atoms with Gasteiger partial charge in [0.2, 0.25) is 0 Å². The highest BCUT2D eigenvalue weighted by atomic mass is 15.1. The molecule has 2 bridgehead atoms. The number of hydrogen-bond donors (Lipinski definition) is 3. The third kappa shape index (κ3) is 1.27. The summed E-state index contributed by atoms with van der Waals surface area (Å²) in [5.74, 6) is 5.10. The third-order valence-corrected chi connectivity index (χ3v) is 5.01. The minimum Gasteiger partial charge on any atom is -0.396 e. The smallest absolute Gasteiger partial charge is 0.149 e. The Morgan fingerprint density at radius 3 is 2.47 bits per heavy atom. The molecular weight excluding hydrogens is 212 g/mol. The number of aromatic nitrogens is 1. The number of rotatable bonds is 2. The minimum atomic E-state index is 0.434. The molecule has 5 N–H and O–H groups in total. The van der Waals surface area contributed by atoms with Gasteiger partial charge in [-0.1, -0.05) is 0 Å². The highest BCUT2D eigenvalue weighted by Gasteiger charge is 2.65. The maximum Gasteiger partial charge on any atom is 0.149 e. The molecule has 0 aromatic carbocycles. The van der Waals surface area contributed by atoms with Gasteiger partial charge in [-0.05, 0) is 55.1 Å². The largest absolute Gasteiger partial charge is 0.396 e. The zero-order valence-corrected chi connectivity index (χ0v) is 9.76. The Hall–Kier alpha value is -1.45. The van der Waals surface area contributed by atoms with E-state index in [0.29, 0.717) is 17.5 Å². The molecule has 90 valence electrons. The Labute approximate surface area is 101 Å². The van der Waals surface area contributed by atoms with Crippen molar-refractivity contribution in [1.82, 2.24) is 4.98 Å². The average Bonchev–Trinajstić information content (AvgIpc) is 2.73. The van der Waals surface area contributed by atoms with Gasteiger partial charge in [0.15, 0.2) is 0 Å². The molecule has 1 heterocycles. The van der Waals surface area contributed by atoms with Crippen LogP contribution in [0, 0.1) is 23.7 Å².